The average molecular weight is 285 g/mol. The number of aromatic nitrogens is 1. The van der Waals surface area contributed by atoms with E-state index in [1.54, 1.807) is 0 Å². The van der Waals surface area contributed by atoms with Crippen LogP contribution in [0.1, 0.15) is 36.6 Å². The SMILES string of the molecule is Cc1ccc2c(c1)CC(Cn1ccc(C(O)C(C)C)c1)O2. The van der Waals surface area contributed by atoms with Gasteiger partial charge < -0.3 is 14.4 Å². The predicted molar refractivity (Wildman–Crippen MR) is 83.5 cm³/mol. The maximum Gasteiger partial charge on any atom is 0.123 e. The summed E-state index contributed by atoms with van der Waals surface area (Å²) in [6.45, 7) is 6.99. The Morgan fingerprint density at radius 2 is 2.14 bits per heavy atom. The summed E-state index contributed by atoms with van der Waals surface area (Å²) >= 11 is 0. The minimum atomic E-state index is -0.393. The molecule has 112 valence electrons. The molecule has 21 heavy (non-hydrogen) atoms. The average Bonchev–Trinajstić information content (AvgIpc) is 3.04. The van der Waals surface area contributed by atoms with Crippen LogP contribution >= 0.6 is 0 Å². The molecular formula is C18H23NO2. The molecule has 1 aliphatic heterocycles. The highest BCUT2D eigenvalue weighted by Gasteiger charge is 2.23. The van der Waals surface area contributed by atoms with E-state index in [4.69, 9.17) is 4.74 Å². The minimum Gasteiger partial charge on any atom is -0.488 e. The zero-order valence-electron chi connectivity index (χ0n) is 12.9. The standard InChI is InChI=1S/C18H23NO2/c1-12(2)18(20)14-6-7-19(10-14)11-16-9-15-8-13(3)4-5-17(15)21-16/h4-8,10,12,16,18,20H,9,11H2,1-3H3. The van der Waals surface area contributed by atoms with Crippen LogP contribution in [0.25, 0.3) is 0 Å². The summed E-state index contributed by atoms with van der Waals surface area (Å²) < 4.78 is 8.12. The summed E-state index contributed by atoms with van der Waals surface area (Å²) in [5.41, 5.74) is 3.56. The molecule has 2 atom stereocenters. The van der Waals surface area contributed by atoms with E-state index in [1.165, 1.54) is 11.1 Å². The Hall–Kier alpha value is -1.74. The van der Waals surface area contributed by atoms with Gasteiger partial charge in [0.15, 0.2) is 0 Å². The van der Waals surface area contributed by atoms with Crippen molar-refractivity contribution in [1.29, 1.82) is 0 Å². The Bertz CT molecular complexity index is 630. The van der Waals surface area contributed by atoms with Gasteiger partial charge in [-0.2, -0.15) is 0 Å². The molecule has 0 fully saturated rings. The molecule has 3 rings (SSSR count). The van der Waals surface area contributed by atoms with Crippen LogP contribution in [-0.4, -0.2) is 15.8 Å². The fourth-order valence-corrected chi connectivity index (χ4v) is 2.92. The molecule has 2 unspecified atom stereocenters. The van der Waals surface area contributed by atoms with Gasteiger partial charge in [-0.25, -0.2) is 0 Å². The van der Waals surface area contributed by atoms with Crippen molar-refractivity contribution in [3.63, 3.8) is 0 Å². The van der Waals surface area contributed by atoms with Crippen LogP contribution in [-0.2, 0) is 13.0 Å². The van der Waals surface area contributed by atoms with Gasteiger partial charge >= 0.3 is 0 Å². The van der Waals surface area contributed by atoms with E-state index in [9.17, 15) is 5.11 Å². The number of aliphatic hydroxyl groups excluding tert-OH is 1. The van der Waals surface area contributed by atoms with Gasteiger partial charge in [-0.3, -0.25) is 0 Å². The number of hydrogen-bond acceptors (Lipinski definition) is 2. The Morgan fingerprint density at radius 1 is 1.33 bits per heavy atom. The number of nitrogens with zero attached hydrogens (tertiary/aromatic N) is 1. The van der Waals surface area contributed by atoms with E-state index in [0.717, 1.165) is 24.3 Å². The van der Waals surface area contributed by atoms with Gasteiger partial charge in [0.05, 0.1) is 12.6 Å². The van der Waals surface area contributed by atoms with E-state index in [2.05, 4.69) is 29.7 Å². The van der Waals surface area contributed by atoms with E-state index in [1.807, 2.05) is 32.3 Å². The van der Waals surface area contributed by atoms with Crippen molar-refractivity contribution in [1.82, 2.24) is 4.57 Å². The first-order valence-electron chi connectivity index (χ1n) is 7.63. The number of benzene rings is 1. The summed E-state index contributed by atoms with van der Waals surface area (Å²) in [6, 6.07) is 8.36. The molecule has 0 saturated heterocycles. The van der Waals surface area contributed by atoms with E-state index in [-0.39, 0.29) is 12.0 Å². The topological polar surface area (TPSA) is 34.4 Å². The third kappa shape index (κ3) is 2.98. The van der Waals surface area contributed by atoms with Crippen LogP contribution in [0.15, 0.2) is 36.7 Å². The van der Waals surface area contributed by atoms with E-state index in [0.29, 0.717) is 0 Å². The zero-order valence-corrected chi connectivity index (χ0v) is 12.9. The lowest BCUT2D eigenvalue weighted by molar-refractivity contribution is 0.126. The molecule has 0 bridgehead atoms. The molecule has 0 spiro atoms. The molecule has 1 N–H and O–H groups in total. The molecule has 0 amide bonds. The van der Waals surface area contributed by atoms with Crippen LogP contribution in [0.4, 0.5) is 0 Å². The highest BCUT2D eigenvalue weighted by atomic mass is 16.5. The maximum atomic E-state index is 10.1. The number of aliphatic hydroxyl groups is 1. The molecular weight excluding hydrogens is 262 g/mol. The Balaban J connectivity index is 1.66. The van der Waals surface area contributed by atoms with Crippen LogP contribution in [0.3, 0.4) is 0 Å². The quantitative estimate of drug-likeness (QED) is 0.933. The van der Waals surface area contributed by atoms with Crippen LogP contribution in [0.5, 0.6) is 5.75 Å². The third-order valence-corrected chi connectivity index (χ3v) is 4.12. The fraction of sp³-hybridized carbons (Fsp3) is 0.444. The lowest BCUT2D eigenvalue weighted by Gasteiger charge is -2.13. The van der Waals surface area contributed by atoms with Gasteiger partial charge in [-0.1, -0.05) is 31.5 Å². The fourth-order valence-electron chi connectivity index (χ4n) is 2.92. The summed E-state index contributed by atoms with van der Waals surface area (Å²) in [4.78, 5) is 0. The lowest BCUT2D eigenvalue weighted by Crippen LogP contribution is -2.19. The second-order valence-corrected chi connectivity index (χ2v) is 6.39. The molecule has 0 saturated carbocycles. The van der Waals surface area contributed by atoms with E-state index < -0.39 is 6.10 Å². The van der Waals surface area contributed by atoms with Crippen molar-refractivity contribution < 1.29 is 9.84 Å². The van der Waals surface area contributed by atoms with Gasteiger partial charge in [0, 0.05) is 18.8 Å². The number of ether oxygens (including phenoxy) is 1. The van der Waals surface area contributed by atoms with Gasteiger partial charge in [-0.05, 0) is 36.1 Å². The van der Waals surface area contributed by atoms with Crippen molar-refractivity contribution >= 4 is 0 Å². The molecule has 0 radical (unpaired) electrons. The van der Waals surface area contributed by atoms with E-state index >= 15 is 0 Å². The molecule has 1 aromatic heterocycles. The van der Waals surface area contributed by atoms with Crippen LogP contribution < -0.4 is 4.74 Å². The summed E-state index contributed by atoms with van der Waals surface area (Å²) in [7, 11) is 0. The monoisotopic (exact) mass is 285 g/mol. The second kappa shape index (κ2) is 5.57. The maximum absolute atomic E-state index is 10.1. The smallest absolute Gasteiger partial charge is 0.123 e. The van der Waals surface area contributed by atoms with Gasteiger partial charge in [0.2, 0.25) is 0 Å². The number of hydrogen-bond donors (Lipinski definition) is 1. The highest BCUT2D eigenvalue weighted by Crippen LogP contribution is 2.30. The lowest BCUT2D eigenvalue weighted by atomic mass is 10.0. The molecule has 2 heterocycles. The Morgan fingerprint density at radius 3 is 2.90 bits per heavy atom. The largest absolute Gasteiger partial charge is 0.488 e. The molecule has 1 aliphatic rings. The first-order valence-corrected chi connectivity index (χ1v) is 7.63. The van der Waals surface area contributed by atoms with Gasteiger partial charge in [-0.15, -0.1) is 0 Å². The molecule has 3 heteroatoms. The second-order valence-electron chi connectivity index (χ2n) is 6.39. The third-order valence-electron chi connectivity index (χ3n) is 4.12. The summed E-state index contributed by atoms with van der Waals surface area (Å²) in [5.74, 6) is 1.25. The van der Waals surface area contributed by atoms with Crippen molar-refractivity contribution in [2.75, 3.05) is 0 Å². The Labute approximate surface area is 126 Å². The van der Waals surface area contributed by atoms with Crippen molar-refractivity contribution in [2.45, 2.75) is 45.9 Å². The molecule has 1 aromatic carbocycles. The molecule has 3 nitrogen and oxygen atoms in total. The first-order chi connectivity index (χ1) is 10.0. The van der Waals surface area contributed by atoms with Gasteiger partial charge in [0.25, 0.3) is 0 Å². The van der Waals surface area contributed by atoms with Crippen molar-refractivity contribution in [3.8, 4) is 5.75 Å². The van der Waals surface area contributed by atoms with Crippen LogP contribution in [0.2, 0.25) is 0 Å². The highest BCUT2D eigenvalue weighted by molar-refractivity contribution is 5.40. The number of rotatable bonds is 4. The Kier molecular flexibility index (Phi) is 3.77. The van der Waals surface area contributed by atoms with Crippen molar-refractivity contribution in [3.05, 3.63) is 53.3 Å². The zero-order chi connectivity index (χ0) is 15.0. The van der Waals surface area contributed by atoms with Crippen molar-refractivity contribution in [2.24, 2.45) is 5.92 Å². The summed E-state index contributed by atoms with van der Waals surface area (Å²) in [5, 5.41) is 10.1. The predicted octanol–water partition coefficient (Wildman–Crippen LogP) is 3.49. The normalized spacial score (nSPS) is 18.6. The van der Waals surface area contributed by atoms with Crippen LogP contribution in [0, 0.1) is 12.8 Å². The molecule has 2 aromatic rings. The minimum absolute atomic E-state index is 0.179. The number of fused-ring (bicyclic) bond motifs is 1. The van der Waals surface area contributed by atoms with Gasteiger partial charge in [0.1, 0.15) is 11.9 Å². The summed E-state index contributed by atoms with van der Waals surface area (Å²) in [6.07, 6.45) is 4.80. The molecule has 0 aliphatic carbocycles. The first kappa shape index (κ1) is 14.2. The number of aryl methyl sites for hydroxylation is 1.